The minimum Gasteiger partial charge on any atom is -0.493 e. The smallest absolute Gasteiger partial charge is 0.387 e. The molecule has 0 spiro atoms. The van der Waals surface area contributed by atoms with Crippen molar-refractivity contribution in [3.8, 4) is 22.3 Å². The lowest BCUT2D eigenvalue weighted by Crippen LogP contribution is -2.22. The Labute approximate surface area is 163 Å². The van der Waals surface area contributed by atoms with Crippen molar-refractivity contribution in [3.63, 3.8) is 0 Å². The van der Waals surface area contributed by atoms with Gasteiger partial charge >= 0.3 is 6.61 Å². The van der Waals surface area contributed by atoms with E-state index in [0.717, 1.165) is 10.4 Å². The molecule has 0 N–H and O–H groups in total. The van der Waals surface area contributed by atoms with E-state index in [-0.39, 0.29) is 16.3 Å². The summed E-state index contributed by atoms with van der Waals surface area (Å²) in [7, 11) is 3.29. The van der Waals surface area contributed by atoms with Gasteiger partial charge in [-0.25, -0.2) is 4.68 Å². The van der Waals surface area contributed by atoms with Gasteiger partial charge in [-0.05, 0) is 48.4 Å². The van der Waals surface area contributed by atoms with Gasteiger partial charge in [-0.3, -0.25) is 4.90 Å². The largest absolute Gasteiger partial charge is 0.493 e. The minimum absolute atomic E-state index is 0.00165. The molecule has 0 amide bonds. The summed E-state index contributed by atoms with van der Waals surface area (Å²) in [5.41, 5.74) is 0.865. The molecule has 0 unspecified atom stereocenters. The van der Waals surface area contributed by atoms with E-state index in [1.165, 1.54) is 24.5 Å². The summed E-state index contributed by atoms with van der Waals surface area (Å²) in [5, 5.41) is 6.34. The molecule has 0 fully saturated rings. The van der Waals surface area contributed by atoms with Gasteiger partial charge in [-0.15, -0.1) is 16.4 Å². The predicted molar refractivity (Wildman–Crippen MR) is 99.7 cm³/mol. The van der Waals surface area contributed by atoms with Crippen LogP contribution in [0.1, 0.15) is 5.56 Å². The Morgan fingerprint density at radius 1 is 1.33 bits per heavy atom. The molecule has 0 atom stereocenters. The van der Waals surface area contributed by atoms with E-state index in [2.05, 4.69) is 9.84 Å². The van der Waals surface area contributed by atoms with Gasteiger partial charge < -0.3 is 13.9 Å². The van der Waals surface area contributed by atoms with Crippen LogP contribution in [0.4, 0.5) is 8.78 Å². The number of aromatic nitrogens is 2. The van der Waals surface area contributed by atoms with Crippen molar-refractivity contribution in [3.05, 3.63) is 46.1 Å². The molecule has 1 aromatic carbocycles. The van der Waals surface area contributed by atoms with Gasteiger partial charge in [0.1, 0.15) is 0 Å². The number of alkyl halides is 2. The first-order valence-electron chi connectivity index (χ1n) is 7.88. The molecule has 27 heavy (non-hydrogen) atoms. The highest BCUT2D eigenvalue weighted by molar-refractivity contribution is 7.71. The number of hydrogen-bond acceptors (Lipinski definition) is 7. The summed E-state index contributed by atoms with van der Waals surface area (Å²) in [6, 6.07) is 8.65. The molecule has 2 heterocycles. The third kappa shape index (κ3) is 4.90. The van der Waals surface area contributed by atoms with Gasteiger partial charge in [0.05, 0.1) is 18.7 Å². The maximum Gasteiger partial charge on any atom is 0.387 e. The third-order valence-electron chi connectivity index (χ3n) is 3.61. The van der Waals surface area contributed by atoms with Crippen molar-refractivity contribution in [2.45, 2.75) is 19.8 Å². The molecular weight excluding hydrogens is 396 g/mol. The molecule has 10 heteroatoms. The van der Waals surface area contributed by atoms with Crippen LogP contribution in [0.2, 0.25) is 0 Å². The van der Waals surface area contributed by atoms with E-state index >= 15 is 0 Å². The minimum atomic E-state index is -2.90. The lowest BCUT2D eigenvalue weighted by Gasteiger charge is -2.17. The van der Waals surface area contributed by atoms with E-state index in [1.54, 1.807) is 16.8 Å². The van der Waals surface area contributed by atoms with Crippen LogP contribution in [0.3, 0.4) is 0 Å². The van der Waals surface area contributed by atoms with E-state index in [9.17, 15) is 8.78 Å². The summed E-state index contributed by atoms with van der Waals surface area (Å²) in [6.07, 6.45) is 0. The number of thiophene rings is 1. The number of halogens is 2. The van der Waals surface area contributed by atoms with Crippen LogP contribution in [-0.4, -0.2) is 35.4 Å². The molecule has 0 radical (unpaired) electrons. The second kappa shape index (κ2) is 8.59. The number of hydrogen-bond donors (Lipinski definition) is 0. The maximum atomic E-state index is 12.4. The van der Waals surface area contributed by atoms with Crippen molar-refractivity contribution in [1.82, 2.24) is 14.7 Å². The molecule has 144 valence electrons. The number of methoxy groups -OCH3 is 1. The van der Waals surface area contributed by atoms with Gasteiger partial charge in [0.15, 0.2) is 11.5 Å². The predicted octanol–water partition coefficient (Wildman–Crippen LogP) is 4.63. The average molecular weight is 413 g/mol. The fourth-order valence-electron chi connectivity index (χ4n) is 2.49. The molecule has 3 rings (SSSR count). The summed E-state index contributed by atoms with van der Waals surface area (Å²) < 4.78 is 41.5. The Hall–Kier alpha value is -2.30. The molecule has 0 saturated heterocycles. The van der Waals surface area contributed by atoms with Crippen LogP contribution in [0.25, 0.3) is 10.8 Å². The topological polar surface area (TPSA) is 52.7 Å². The second-order valence-electron chi connectivity index (χ2n) is 5.67. The maximum absolute atomic E-state index is 12.4. The molecule has 6 nitrogen and oxygen atoms in total. The van der Waals surface area contributed by atoms with Crippen LogP contribution in [0.5, 0.6) is 11.5 Å². The number of ether oxygens (including phenoxy) is 2. The number of nitrogens with zero attached hydrogens (tertiary/aromatic N) is 3. The average Bonchev–Trinajstić information content (AvgIpc) is 3.26. The summed E-state index contributed by atoms with van der Waals surface area (Å²) in [6.45, 7) is -1.97. The summed E-state index contributed by atoms with van der Waals surface area (Å²) in [4.78, 5) is 3.14. The Kier molecular flexibility index (Phi) is 6.19. The van der Waals surface area contributed by atoms with Crippen LogP contribution >= 0.6 is 23.6 Å². The lowest BCUT2D eigenvalue weighted by atomic mass is 10.2. The fourth-order valence-corrected chi connectivity index (χ4v) is 3.31. The first-order chi connectivity index (χ1) is 13.0. The summed E-state index contributed by atoms with van der Waals surface area (Å²) >= 11 is 6.75. The van der Waals surface area contributed by atoms with E-state index in [4.69, 9.17) is 21.4 Å². The first-order valence-corrected chi connectivity index (χ1v) is 9.17. The van der Waals surface area contributed by atoms with Gasteiger partial charge in [-0.2, -0.15) is 8.78 Å². The Morgan fingerprint density at radius 2 is 2.15 bits per heavy atom. The molecule has 2 aromatic heterocycles. The van der Waals surface area contributed by atoms with E-state index in [0.29, 0.717) is 19.1 Å². The highest BCUT2D eigenvalue weighted by Gasteiger charge is 2.13. The standard InChI is InChI=1S/C17H17F2N3O3S2/c1-21(9-11-5-6-12(24-16(18)19)13(8-11)23-2)10-22-17(26)25-15(20-22)14-4-3-7-27-14/h3-8,16H,9-10H2,1-2H3. The monoisotopic (exact) mass is 413 g/mol. The molecule has 0 aliphatic heterocycles. The van der Waals surface area contributed by atoms with Crippen LogP contribution < -0.4 is 9.47 Å². The zero-order valence-corrected chi connectivity index (χ0v) is 16.2. The molecule has 3 aromatic rings. The zero-order chi connectivity index (χ0) is 19.4. The van der Waals surface area contributed by atoms with Crippen molar-refractivity contribution in [1.29, 1.82) is 0 Å². The van der Waals surface area contributed by atoms with Gasteiger partial charge in [-0.1, -0.05) is 12.1 Å². The third-order valence-corrected chi connectivity index (χ3v) is 4.76. The van der Waals surface area contributed by atoms with Crippen molar-refractivity contribution < 1.29 is 22.7 Å². The second-order valence-corrected chi connectivity index (χ2v) is 6.97. The SMILES string of the molecule is COc1cc(CN(C)Cn2nc(-c3cccs3)oc2=S)ccc1OC(F)F. The van der Waals surface area contributed by atoms with Crippen LogP contribution in [0.15, 0.2) is 40.1 Å². The fraction of sp³-hybridized carbons (Fsp3) is 0.294. The molecule has 0 aliphatic carbocycles. The quantitative estimate of drug-likeness (QED) is 0.502. The Morgan fingerprint density at radius 3 is 2.81 bits per heavy atom. The van der Waals surface area contributed by atoms with Crippen LogP contribution in [-0.2, 0) is 13.2 Å². The molecule has 0 bridgehead atoms. The number of rotatable bonds is 8. The molecular formula is C17H17F2N3O3S2. The summed E-state index contributed by atoms with van der Waals surface area (Å²) in [5.74, 6) is 0.732. The van der Waals surface area contributed by atoms with Crippen LogP contribution in [0, 0.1) is 4.84 Å². The van der Waals surface area contributed by atoms with E-state index < -0.39 is 6.61 Å². The normalized spacial score (nSPS) is 11.3. The van der Waals surface area contributed by atoms with Gasteiger partial charge in [0.25, 0.3) is 10.7 Å². The van der Waals surface area contributed by atoms with Gasteiger partial charge in [0.2, 0.25) is 0 Å². The Balaban J connectivity index is 1.69. The number of benzene rings is 1. The molecule has 0 saturated carbocycles. The zero-order valence-electron chi connectivity index (χ0n) is 14.6. The lowest BCUT2D eigenvalue weighted by molar-refractivity contribution is -0.0512. The van der Waals surface area contributed by atoms with Crippen molar-refractivity contribution in [2.24, 2.45) is 0 Å². The highest BCUT2D eigenvalue weighted by Crippen LogP contribution is 2.30. The Bertz CT molecular complexity index is 941. The first kappa shape index (κ1) is 19.5. The van der Waals surface area contributed by atoms with Gasteiger partial charge in [0, 0.05) is 6.54 Å². The van der Waals surface area contributed by atoms with Crippen molar-refractivity contribution in [2.75, 3.05) is 14.2 Å². The highest BCUT2D eigenvalue weighted by atomic mass is 32.1. The van der Waals surface area contributed by atoms with Crippen molar-refractivity contribution >= 4 is 23.6 Å². The molecule has 0 aliphatic rings. The van der Waals surface area contributed by atoms with E-state index in [1.807, 2.05) is 29.5 Å².